The lowest BCUT2D eigenvalue weighted by Gasteiger charge is -2.12. The Morgan fingerprint density at radius 3 is 2.37 bits per heavy atom. The molecule has 0 aromatic heterocycles. The minimum atomic E-state index is -0.685. The standard InChI is InChI=1S/C27H23NO7/c1-17(29)20-13-24-25(35-16-34-24)14-22(20)28-26(30)15-33-27(31)21(18-8-4-3-5-9-18)12-19-10-6-7-11-23(19)32-2/h3-14H,15-16H2,1-2H3,(H,28,30)/b21-12+. The highest BCUT2D eigenvalue weighted by atomic mass is 16.7. The number of ether oxygens (including phenoxy) is 4. The number of benzene rings is 3. The number of methoxy groups -OCH3 is 1. The molecule has 0 saturated heterocycles. The molecule has 1 amide bonds. The lowest BCUT2D eigenvalue weighted by atomic mass is 10.0. The molecule has 8 nitrogen and oxygen atoms in total. The molecular formula is C27H23NO7. The van der Waals surface area contributed by atoms with Gasteiger partial charge >= 0.3 is 5.97 Å². The van der Waals surface area contributed by atoms with E-state index in [1.807, 2.05) is 24.3 Å². The molecule has 0 radical (unpaired) electrons. The van der Waals surface area contributed by atoms with Crippen molar-refractivity contribution in [3.63, 3.8) is 0 Å². The zero-order chi connectivity index (χ0) is 24.8. The lowest BCUT2D eigenvalue weighted by Crippen LogP contribution is -2.22. The van der Waals surface area contributed by atoms with Crippen LogP contribution in [0.3, 0.4) is 0 Å². The SMILES string of the molecule is COc1ccccc1/C=C(/C(=O)OCC(=O)Nc1cc2c(cc1C(C)=O)OCO2)c1ccccc1. The predicted molar refractivity (Wildman–Crippen MR) is 129 cm³/mol. The molecule has 1 aliphatic rings. The van der Waals surface area contributed by atoms with Gasteiger partial charge in [0.05, 0.1) is 18.4 Å². The second-order valence-corrected chi connectivity index (χ2v) is 7.60. The van der Waals surface area contributed by atoms with Crippen LogP contribution in [0.15, 0.2) is 66.7 Å². The maximum atomic E-state index is 13.0. The van der Waals surface area contributed by atoms with Gasteiger partial charge in [0, 0.05) is 17.2 Å². The van der Waals surface area contributed by atoms with Crippen LogP contribution in [0.5, 0.6) is 17.2 Å². The highest BCUT2D eigenvalue weighted by Crippen LogP contribution is 2.37. The summed E-state index contributed by atoms with van der Waals surface area (Å²) >= 11 is 0. The Morgan fingerprint density at radius 1 is 0.971 bits per heavy atom. The van der Waals surface area contributed by atoms with Crippen LogP contribution in [0, 0.1) is 0 Å². The third kappa shape index (κ3) is 5.50. The summed E-state index contributed by atoms with van der Waals surface area (Å²) in [5, 5.41) is 2.61. The van der Waals surface area contributed by atoms with Gasteiger partial charge in [0.1, 0.15) is 5.75 Å². The first kappa shape index (κ1) is 23.6. The predicted octanol–water partition coefficient (Wildman–Crippen LogP) is 4.35. The summed E-state index contributed by atoms with van der Waals surface area (Å²) in [5.41, 5.74) is 2.07. The van der Waals surface area contributed by atoms with Gasteiger partial charge in [0.15, 0.2) is 23.9 Å². The number of fused-ring (bicyclic) bond motifs is 1. The largest absolute Gasteiger partial charge is 0.496 e. The van der Waals surface area contributed by atoms with E-state index >= 15 is 0 Å². The molecular weight excluding hydrogens is 450 g/mol. The summed E-state index contributed by atoms with van der Waals surface area (Å²) in [4.78, 5) is 37.7. The van der Waals surface area contributed by atoms with E-state index in [2.05, 4.69) is 5.32 Å². The van der Waals surface area contributed by atoms with Gasteiger partial charge in [-0.15, -0.1) is 0 Å². The van der Waals surface area contributed by atoms with Gasteiger partial charge in [0.25, 0.3) is 5.91 Å². The summed E-state index contributed by atoms with van der Waals surface area (Å²) in [6.45, 7) is 0.852. The minimum Gasteiger partial charge on any atom is -0.496 e. The Labute approximate surface area is 202 Å². The first-order chi connectivity index (χ1) is 17.0. The molecule has 8 heteroatoms. The van der Waals surface area contributed by atoms with Crippen LogP contribution in [0.25, 0.3) is 11.6 Å². The maximum Gasteiger partial charge on any atom is 0.339 e. The Kier molecular flexibility index (Phi) is 7.11. The molecule has 3 aromatic carbocycles. The monoisotopic (exact) mass is 473 g/mol. The quantitative estimate of drug-likeness (QED) is 0.225. The number of carbonyl (C=O) groups is 3. The maximum absolute atomic E-state index is 13.0. The smallest absolute Gasteiger partial charge is 0.339 e. The Balaban J connectivity index is 1.52. The number of esters is 1. The van der Waals surface area contributed by atoms with E-state index in [1.54, 1.807) is 43.5 Å². The molecule has 0 fully saturated rings. The zero-order valence-electron chi connectivity index (χ0n) is 19.2. The average molecular weight is 473 g/mol. The van der Waals surface area contributed by atoms with Crippen molar-refractivity contribution >= 4 is 35.0 Å². The summed E-state index contributed by atoms with van der Waals surface area (Å²) in [7, 11) is 1.54. The van der Waals surface area contributed by atoms with Gasteiger partial charge in [0.2, 0.25) is 6.79 Å². The van der Waals surface area contributed by atoms with Crippen LogP contribution in [-0.4, -0.2) is 38.2 Å². The third-order valence-corrected chi connectivity index (χ3v) is 5.24. The van der Waals surface area contributed by atoms with Crippen molar-refractivity contribution in [1.82, 2.24) is 0 Å². The van der Waals surface area contributed by atoms with Crippen LogP contribution < -0.4 is 19.5 Å². The van der Waals surface area contributed by atoms with Crippen molar-refractivity contribution in [2.45, 2.75) is 6.92 Å². The first-order valence-electron chi connectivity index (χ1n) is 10.8. The number of ketones is 1. The fourth-order valence-electron chi connectivity index (χ4n) is 3.55. The Morgan fingerprint density at radius 2 is 1.66 bits per heavy atom. The van der Waals surface area contributed by atoms with E-state index < -0.39 is 18.5 Å². The molecule has 0 unspecified atom stereocenters. The van der Waals surface area contributed by atoms with E-state index in [0.29, 0.717) is 28.4 Å². The molecule has 1 N–H and O–H groups in total. The van der Waals surface area contributed by atoms with Crippen molar-refractivity contribution in [2.24, 2.45) is 0 Å². The van der Waals surface area contributed by atoms with Crippen molar-refractivity contribution < 1.29 is 33.3 Å². The van der Waals surface area contributed by atoms with Crippen LogP contribution >= 0.6 is 0 Å². The van der Waals surface area contributed by atoms with Crippen LogP contribution in [-0.2, 0) is 14.3 Å². The molecule has 35 heavy (non-hydrogen) atoms. The van der Waals surface area contributed by atoms with Gasteiger partial charge in [-0.25, -0.2) is 4.79 Å². The van der Waals surface area contributed by atoms with Gasteiger partial charge in [-0.1, -0.05) is 48.5 Å². The molecule has 4 rings (SSSR count). The van der Waals surface area contributed by atoms with Crippen molar-refractivity contribution in [3.8, 4) is 17.2 Å². The van der Waals surface area contributed by atoms with Gasteiger partial charge in [-0.2, -0.15) is 0 Å². The first-order valence-corrected chi connectivity index (χ1v) is 10.8. The van der Waals surface area contributed by atoms with Crippen molar-refractivity contribution in [2.75, 3.05) is 25.8 Å². The van der Waals surface area contributed by atoms with Gasteiger partial charge in [-0.3, -0.25) is 9.59 Å². The van der Waals surface area contributed by atoms with E-state index in [9.17, 15) is 14.4 Å². The van der Waals surface area contributed by atoms with E-state index in [0.717, 1.165) is 0 Å². The molecule has 1 aliphatic heterocycles. The molecule has 178 valence electrons. The zero-order valence-corrected chi connectivity index (χ0v) is 19.2. The third-order valence-electron chi connectivity index (χ3n) is 5.24. The number of para-hydroxylation sites is 1. The summed E-state index contributed by atoms with van der Waals surface area (Å²) in [6, 6.07) is 19.2. The average Bonchev–Trinajstić information content (AvgIpc) is 3.33. The number of carbonyl (C=O) groups excluding carboxylic acids is 3. The van der Waals surface area contributed by atoms with Crippen molar-refractivity contribution in [1.29, 1.82) is 0 Å². The number of rotatable bonds is 8. The molecule has 0 spiro atoms. The summed E-state index contributed by atoms with van der Waals surface area (Å²) in [6.07, 6.45) is 1.65. The van der Waals surface area contributed by atoms with Gasteiger partial charge in [-0.05, 0) is 30.7 Å². The molecule has 0 bridgehead atoms. The number of hydrogen-bond donors (Lipinski definition) is 1. The summed E-state index contributed by atoms with van der Waals surface area (Å²) in [5.74, 6) is -0.131. The fraction of sp³-hybridized carbons (Fsp3) is 0.148. The van der Waals surface area contributed by atoms with Crippen LogP contribution in [0.1, 0.15) is 28.4 Å². The molecule has 0 atom stereocenters. The fourth-order valence-corrected chi connectivity index (χ4v) is 3.55. The number of amides is 1. The topological polar surface area (TPSA) is 100 Å². The van der Waals surface area contributed by atoms with E-state index in [-0.39, 0.29) is 29.4 Å². The van der Waals surface area contributed by atoms with Gasteiger partial charge < -0.3 is 24.3 Å². The van der Waals surface area contributed by atoms with E-state index in [4.69, 9.17) is 18.9 Å². The Bertz CT molecular complexity index is 1300. The molecule has 3 aromatic rings. The van der Waals surface area contributed by atoms with E-state index in [1.165, 1.54) is 19.1 Å². The highest BCUT2D eigenvalue weighted by molar-refractivity contribution is 6.22. The second kappa shape index (κ2) is 10.6. The number of Topliss-reactive ketones (excluding diaryl/α,β-unsaturated/α-hetero) is 1. The Hall–Kier alpha value is -4.59. The molecule has 0 aliphatic carbocycles. The minimum absolute atomic E-state index is 0.0302. The molecule has 1 heterocycles. The number of anilines is 1. The second-order valence-electron chi connectivity index (χ2n) is 7.60. The molecule has 0 saturated carbocycles. The highest BCUT2D eigenvalue weighted by Gasteiger charge is 2.21. The lowest BCUT2D eigenvalue weighted by molar-refractivity contribution is -0.141. The van der Waals surface area contributed by atoms with Crippen molar-refractivity contribution in [3.05, 3.63) is 83.4 Å². The number of hydrogen-bond acceptors (Lipinski definition) is 7. The normalized spacial score (nSPS) is 12.1. The number of nitrogens with one attached hydrogen (secondary N) is 1. The van der Waals surface area contributed by atoms with Crippen LogP contribution in [0.2, 0.25) is 0 Å². The van der Waals surface area contributed by atoms with Crippen LogP contribution in [0.4, 0.5) is 5.69 Å². The summed E-state index contributed by atoms with van der Waals surface area (Å²) < 4.78 is 21.3.